The lowest BCUT2D eigenvalue weighted by Gasteiger charge is -2.42. The van der Waals surface area contributed by atoms with Crippen molar-refractivity contribution in [3.63, 3.8) is 0 Å². The molecule has 2 nitrogen and oxygen atoms in total. The summed E-state index contributed by atoms with van der Waals surface area (Å²) in [6.07, 6.45) is 0. The van der Waals surface area contributed by atoms with Crippen molar-refractivity contribution in [2.75, 3.05) is 22.9 Å². The van der Waals surface area contributed by atoms with Gasteiger partial charge in [0.15, 0.2) is 0 Å². The van der Waals surface area contributed by atoms with Crippen LogP contribution in [0.5, 0.6) is 0 Å². The molecule has 0 unspecified atom stereocenters. The van der Waals surface area contributed by atoms with Gasteiger partial charge in [-0.2, -0.15) is 0 Å². The molecule has 3 heteroatoms. The average molecular weight is 439 g/mol. The molecule has 1 heterocycles. The van der Waals surface area contributed by atoms with Crippen LogP contribution < -0.4 is 9.80 Å². The van der Waals surface area contributed by atoms with E-state index in [1.54, 1.807) is 0 Å². The van der Waals surface area contributed by atoms with Gasteiger partial charge in [0.1, 0.15) is 4.87 Å². The molecule has 0 N–H and O–H groups in total. The van der Waals surface area contributed by atoms with E-state index in [-0.39, 0.29) is 0 Å². The first kappa shape index (κ1) is 20.7. The molecule has 5 rings (SSSR count). The van der Waals surface area contributed by atoms with Gasteiger partial charge in [-0.05, 0) is 55.8 Å². The first-order chi connectivity index (χ1) is 15.7. The number of anilines is 4. The number of nitrogens with zero attached hydrogens (tertiary/aromatic N) is 2. The van der Waals surface area contributed by atoms with Gasteiger partial charge in [0.05, 0.1) is 11.4 Å². The summed E-state index contributed by atoms with van der Waals surface area (Å²) in [5.74, 6) is 0. The third-order valence-electron chi connectivity index (χ3n) is 6.44. The summed E-state index contributed by atoms with van der Waals surface area (Å²) in [5, 5.41) is 0. The summed E-state index contributed by atoms with van der Waals surface area (Å²) in [7, 11) is 0. The zero-order valence-corrected chi connectivity index (χ0v) is 19.3. The van der Waals surface area contributed by atoms with Crippen LogP contribution in [0.4, 0.5) is 22.7 Å². The van der Waals surface area contributed by atoms with E-state index in [0.29, 0.717) is 0 Å². The van der Waals surface area contributed by atoms with Crippen LogP contribution in [0.1, 0.15) is 30.5 Å². The molecule has 0 saturated carbocycles. The topological polar surface area (TPSA) is 6.48 Å². The number of rotatable bonds is 5. The van der Waals surface area contributed by atoms with Crippen LogP contribution in [0, 0.1) is 0 Å². The standard InChI is InChI=1S/C29H27ClN2/c1-3-31(4-2)23-20-18-22(19-21-23)29(30)25-14-8-10-16-27(25)32(24-12-6-5-7-13-24)28-17-11-9-15-26(28)29/h5-21H,3-4H2,1-2H3. The Bertz CT molecular complexity index is 1170. The number of alkyl halides is 1. The highest BCUT2D eigenvalue weighted by Gasteiger charge is 2.43. The lowest BCUT2D eigenvalue weighted by Crippen LogP contribution is -2.32. The Balaban J connectivity index is 1.72. The van der Waals surface area contributed by atoms with E-state index in [1.165, 1.54) is 5.69 Å². The zero-order chi connectivity index (χ0) is 22.1. The van der Waals surface area contributed by atoms with Crippen LogP contribution in [0.2, 0.25) is 0 Å². The molecule has 32 heavy (non-hydrogen) atoms. The number of hydrogen-bond donors (Lipinski definition) is 0. The minimum absolute atomic E-state index is 0.764. The van der Waals surface area contributed by atoms with Crippen LogP contribution in [0.15, 0.2) is 103 Å². The first-order valence-corrected chi connectivity index (χ1v) is 11.6. The van der Waals surface area contributed by atoms with Gasteiger partial charge in [0, 0.05) is 35.6 Å². The van der Waals surface area contributed by atoms with Crippen molar-refractivity contribution in [3.8, 4) is 0 Å². The molecule has 0 amide bonds. The van der Waals surface area contributed by atoms with E-state index in [2.05, 4.69) is 127 Å². The zero-order valence-electron chi connectivity index (χ0n) is 18.5. The Hall–Kier alpha value is -3.23. The highest BCUT2D eigenvalue weighted by atomic mass is 35.5. The van der Waals surface area contributed by atoms with E-state index in [0.717, 1.165) is 46.8 Å². The van der Waals surface area contributed by atoms with Crippen molar-refractivity contribution >= 4 is 34.4 Å². The molecule has 0 atom stereocenters. The molecule has 4 aromatic rings. The monoisotopic (exact) mass is 438 g/mol. The smallest absolute Gasteiger partial charge is 0.123 e. The number of hydrogen-bond acceptors (Lipinski definition) is 2. The molecule has 0 radical (unpaired) electrons. The number of para-hydroxylation sites is 3. The minimum atomic E-state index is -0.764. The molecule has 1 aliphatic heterocycles. The van der Waals surface area contributed by atoms with Gasteiger partial charge in [-0.25, -0.2) is 0 Å². The summed E-state index contributed by atoms with van der Waals surface area (Å²) in [6, 6.07) is 36.3. The predicted molar refractivity (Wildman–Crippen MR) is 137 cm³/mol. The normalized spacial score (nSPS) is 13.9. The van der Waals surface area contributed by atoms with Crippen molar-refractivity contribution in [3.05, 3.63) is 120 Å². The molecule has 0 spiro atoms. The molecule has 0 aromatic heterocycles. The van der Waals surface area contributed by atoms with Gasteiger partial charge in [-0.3, -0.25) is 0 Å². The third-order valence-corrected chi connectivity index (χ3v) is 7.07. The van der Waals surface area contributed by atoms with E-state index in [4.69, 9.17) is 11.6 Å². The Morgan fingerprint density at radius 3 is 1.69 bits per heavy atom. The third kappa shape index (κ3) is 3.18. The van der Waals surface area contributed by atoms with Gasteiger partial charge in [-0.1, -0.05) is 66.7 Å². The number of benzene rings is 4. The molecule has 0 bridgehead atoms. The summed E-state index contributed by atoms with van der Waals surface area (Å²) >= 11 is 7.67. The van der Waals surface area contributed by atoms with Gasteiger partial charge >= 0.3 is 0 Å². The lowest BCUT2D eigenvalue weighted by molar-refractivity contribution is 0.845. The molecule has 0 fully saturated rings. The Morgan fingerprint density at radius 1 is 0.656 bits per heavy atom. The highest BCUT2D eigenvalue weighted by Crippen LogP contribution is 2.56. The van der Waals surface area contributed by atoms with E-state index in [9.17, 15) is 0 Å². The van der Waals surface area contributed by atoms with Gasteiger partial charge in [-0.15, -0.1) is 11.6 Å². The van der Waals surface area contributed by atoms with Crippen LogP contribution in [-0.2, 0) is 4.87 Å². The quantitative estimate of drug-likeness (QED) is 0.293. The molecule has 4 aromatic carbocycles. The fourth-order valence-corrected chi connectivity index (χ4v) is 5.30. The van der Waals surface area contributed by atoms with Crippen LogP contribution >= 0.6 is 11.6 Å². The first-order valence-electron chi connectivity index (χ1n) is 11.3. The molecule has 160 valence electrons. The minimum Gasteiger partial charge on any atom is -0.372 e. The lowest BCUT2D eigenvalue weighted by atomic mass is 9.79. The Morgan fingerprint density at radius 2 is 1.16 bits per heavy atom. The van der Waals surface area contributed by atoms with Gasteiger partial charge < -0.3 is 9.80 Å². The highest BCUT2D eigenvalue weighted by molar-refractivity contribution is 6.30. The molecule has 1 aliphatic rings. The molecular formula is C29H27ClN2. The Labute approximate surface area is 195 Å². The summed E-state index contributed by atoms with van der Waals surface area (Å²) in [6.45, 7) is 6.34. The van der Waals surface area contributed by atoms with Crippen molar-refractivity contribution < 1.29 is 0 Å². The predicted octanol–water partition coefficient (Wildman–Crippen LogP) is 7.85. The van der Waals surface area contributed by atoms with Crippen molar-refractivity contribution in [2.24, 2.45) is 0 Å². The fraction of sp³-hybridized carbons (Fsp3) is 0.172. The van der Waals surface area contributed by atoms with Crippen molar-refractivity contribution in [1.82, 2.24) is 0 Å². The van der Waals surface area contributed by atoms with Crippen LogP contribution in [-0.4, -0.2) is 13.1 Å². The van der Waals surface area contributed by atoms with Crippen LogP contribution in [0.25, 0.3) is 0 Å². The maximum Gasteiger partial charge on any atom is 0.123 e. The second-order valence-electron chi connectivity index (χ2n) is 8.08. The van der Waals surface area contributed by atoms with E-state index >= 15 is 0 Å². The summed E-state index contributed by atoms with van der Waals surface area (Å²) < 4.78 is 0. The Kier molecular flexibility index (Phi) is 5.40. The van der Waals surface area contributed by atoms with Crippen molar-refractivity contribution in [1.29, 1.82) is 0 Å². The largest absolute Gasteiger partial charge is 0.372 e. The SMILES string of the molecule is CCN(CC)c1ccc(C2(Cl)c3ccccc3N(c3ccccc3)c3ccccc32)cc1. The second-order valence-corrected chi connectivity index (χ2v) is 8.65. The van der Waals surface area contributed by atoms with Gasteiger partial charge in [0.2, 0.25) is 0 Å². The van der Waals surface area contributed by atoms with Crippen LogP contribution in [0.3, 0.4) is 0 Å². The average Bonchev–Trinajstić information content (AvgIpc) is 2.86. The molecule has 0 saturated heterocycles. The fourth-order valence-electron chi connectivity index (χ4n) is 4.85. The van der Waals surface area contributed by atoms with E-state index in [1.807, 2.05) is 0 Å². The maximum absolute atomic E-state index is 7.67. The van der Waals surface area contributed by atoms with Crippen molar-refractivity contribution in [2.45, 2.75) is 18.7 Å². The number of halogens is 1. The number of fused-ring (bicyclic) bond motifs is 2. The summed E-state index contributed by atoms with van der Waals surface area (Å²) in [4.78, 5) is 3.90. The molecule has 0 aliphatic carbocycles. The van der Waals surface area contributed by atoms with Gasteiger partial charge in [0.25, 0.3) is 0 Å². The molecular weight excluding hydrogens is 412 g/mol. The maximum atomic E-state index is 7.67. The summed E-state index contributed by atoms with van der Waals surface area (Å²) in [5.41, 5.74) is 7.85. The second kappa shape index (κ2) is 8.37. The van der Waals surface area contributed by atoms with E-state index < -0.39 is 4.87 Å².